The topological polar surface area (TPSA) is 158 Å². The van der Waals surface area contributed by atoms with Crippen LogP contribution in [0.3, 0.4) is 0 Å². The van der Waals surface area contributed by atoms with Crippen LogP contribution < -0.4 is 16.0 Å². The lowest BCUT2D eigenvalue weighted by molar-refractivity contribution is -0.120. The fourth-order valence-electron chi connectivity index (χ4n) is 7.18. The second-order valence-corrected chi connectivity index (χ2v) is 15.1. The minimum Gasteiger partial charge on any atom is -0.328 e. The number of nitrogens with two attached hydrogens (primary N) is 1. The molecular weight excluding hydrogens is 623 g/mol. The number of halogens is 1. The number of nitrogens with zero attached hydrogens (tertiary/aromatic N) is 6. The summed E-state index contributed by atoms with van der Waals surface area (Å²) in [6, 6.07) is 10.1. The molecule has 250 valence electrons. The van der Waals surface area contributed by atoms with Crippen LogP contribution in [-0.2, 0) is 28.3 Å². The van der Waals surface area contributed by atoms with Gasteiger partial charge in [0, 0.05) is 51.1 Å². The zero-order valence-corrected chi connectivity index (χ0v) is 27.6. The van der Waals surface area contributed by atoms with Crippen LogP contribution in [0.4, 0.5) is 15.0 Å². The van der Waals surface area contributed by atoms with Crippen LogP contribution in [0.5, 0.6) is 0 Å². The molecule has 3 aliphatic heterocycles. The van der Waals surface area contributed by atoms with Gasteiger partial charge in [-0.1, -0.05) is 13.0 Å². The zero-order chi connectivity index (χ0) is 33.5. The molecule has 1 unspecified atom stereocenters. The van der Waals surface area contributed by atoms with Gasteiger partial charge in [-0.15, -0.1) is 0 Å². The Morgan fingerprint density at radius 1 is 1.09 bits per heavy atom. The molecule has 3 amide bonds. The number of hydrogen-bond donors (Lipinski definition) is 2. The number of carbonyl (C=O) groups excluding carboxylic acids is 2. The summed E-state index contributed by atoms with van der Waals surface area (Å²) in [7, 11) is -2.01. The number of nitrogens with one attached hydrogen (secondary N) is 1. The summed E-state index contributed by atoms with van der Waals surface area (Å²) in [5.74, 6) is -0.160. The van der Waals surface area contributed by atoms with Crippen molar-refractivity contribution in [3.8, 4) is 6.07 Å². The SMILES string of the molecule is CC(Cc1cc(S(=O)(=O)N2CCC(N)CC2)ccc1C#N)CN1CCC(c2ccc3c(N4CCC(=O)NC4=O)nn(C)c3c2F)CC1. The maximum atomic E-state index is 16.0. The summed E-state index contributed by atoms with van der Waals surface area (Å²) >= 11 is 0. The number of nitriles is 1. The van der Waals surface area contributed by atoms with E-state index < -0.39 is 16.1 Å². The van der Waals surface area contributed by atoms with Gasteiger partial charge in [-0.05, 0) is 92.4 Å². The van der Waals surface area contributed by atoms with E-state index in [0.29, 0.717) is 60.2 Å². The van der Waals surface area contributed by atoms with Gasteiger partial charge in [0.15, 0.2) is 11.6 Å². The number of fused-ring (bicyclic) bond motifs is 1. The summed E-state index contributed by atoms with van der Waals surface area (Å²) in [4.78, 5) is 28.0. The Kier molecular flexibility index (Phi) is 9.35. The summed E-state index contributed by atoms with van der Waals surface area (Å²) in [6.45, 7) is 5.41. The molecule has 1 aromatic heterocycles. The van der Waals surface area contributed by atoms with Crippen molar-refractivity contribution in [2.45, 2.75) is 62.3 Å². The first-order valence-corrected chi connectivity index (χ1v) is 17.7. The summed E-state index contributed by atoms with van der Waals surface area (Å²) in [6.07, 6.45) is 3.52. The number of benzene rings is 2. The van der Waals surface area contributed by atoms with Crippen molar-refractivity contribution >= 4 is 38.7 Å². The van der Waals surface area contributed by atoms with Crippen molar-refractivity contribution in [3.05, 3.63) is 52.8 Å². The number of aryl methyl sites for hydroxylation is 1. The van der Waals surface area contributed by atoms with Crippen molar-refractivity contribution in [1.29, 1.82) is 5.26 Å². The minimum absolute atomic E-state index is 0.0195. The molecule has 3 saturated heterocycles. The average molecular weight is 665 g/mol. The Labute approximate surface area is 274 Å². The van der Waals surface area contributed by atoms with Crippen LogP contribution in [0.25, 0.3) is 10.9 Å². The second kappa shape index (κ2) is 13.3. The number of carbonyl (C=O) groups is 2. The number of urea groups is 1. The number of sulfonamides is 1. The molecule has 3 N–H and O–H groups in total. The van der Waals surface area contributed by atoms with E-state index in [1.807, 2.05) is 6.07 Å². The predicted octanol–water partition coefficient (Wildman–Crippen LogP) is 3.20. The van der Waals surface area contributed by atoms with Crippen molar-refractivity contribution in [1.82, 2.24) is 24.3 Å². The fourth-order valence-corrected chi connectivity index (χ4v) is 8.71. The van der Waals surface area contributed by atoms with Crippen molar-refractivity contribution in [2.24, 2.45) is 18.7 Å². The van der Waals surface area contributed by atoms with Crippen molar-refractivity contribution < 1.29 is 22.4 Å². The average Bonchev–Trinajstić information content (AvgIpc) is 3.38. The first kappa shape index (κ1) is 33.0. The van der Waals surface area contributed by atoms with Crippen molar-refractivity contribution in [2.75, 3.05) is 44.2 Å². The Bertz CT molecular complexity index is 1840. The van der Waals surface area contributed by atoms with Crippen LogP contribution in [0.1, 0.15) is 61.6 Å². The molecule has 0 saturated carbocycles. The molecule has 2 aromatic carbocycles. The molecule has 3 aromatic rings. The number of hydrogen-bond acceptors (Lipinski definition) is 8. The van der Waals surface area contributed by atoms with E-state index >= 15 is 4.39 Å². The van der Waals surface area contributed by atoms with Crippen molar-refractivity contribution in [3.63, 3.8) is 0 Å². The fraction of sp³-hybridized carbons (Fsp3) is 0.515. The molecule has 6 rings (SSSR count). The molecule has 14 heteroatoms. The highest BCUT2D eigenvalue weighted by Crippen LogP contribution is 2.36. The van der Waals surface area contributed by atoms with E-state index in [2.05, 4.69) is 28.3 Å². The largest absolute Gasteiger partial charge is 0.329 e. The number of anilines is 1. The first-order chi connectivity index (χ1) is 22.5. The Balaban J connectivity index is 1.10. The third-order valence-electron chi connectivity index (χ3n) is 9.76. The molecule has 47 heavy (non-hydrogen) atoms. The molecule has 0 aliphatic carbocycles. The molecule has 3 fully saturated rings. The number of rotatable bonds is 8. The lowest BCUT2D eigenvalue weighted by atomic mass is 9.87. The van der Waals surface area contributed by atoms with Crippen LogP contribution in [-0.4, -0.2) is 84.7 Å². The Morgan fingerprint density at radius 3 is 2.49 bits per heavy atom. The molecule has 0 spiro atoms. The number of likely N-dealkylation sites (tertiary alicyclic amines) is 1. The van der Waals surface area contributed by atoms with Gasteiger partial charge >= 0.3 is 6.03 Å². The van der Waals surface area contributed by atoms with E-state index in [9.17, 15) is 23.3 Å². The van der Waals surface area contributed by atoms with E-state index in [-0.39, 0.29) is 47.5 Å². The molecule has 12 nitrogen and oxygen atoms in total. The lowest BCUT2D eigenvalue weighted by Crippen LogP contribution is -2.49. The van der Waals surface area contributed by atoms with E-state index in [1.165, 1.54) is 20.0 Å². The summed E-state index contributed by atoms with van der Waals surface area (Å²) in [5.41, 5.74) is 8.14. The number of imide groups is 1. The zero-order valence-electron chi connectivity index (χ0n) is 26.8. The van der Waals surface area contributed by atoms with Gasteiger partial charge in [-0.2, -0.15) is 14.7 Å². The number of piperidine rings is 2. The predicted molar refractivity (Wildman–Crippen MR) is 175 cm³/mol. The molecule has 0 bridgehead atoms. The van der Waals surface area contributed by atoms with Crippen LogP contribution in [0, 0.1) is 23.1 Å². The Hall–Kier alpha value is -3.90. The maximum absolute atomic E-state index is 16.0. The van der Waals surface area contributed by atoms with Gasteiger partial charge in [0.1, 0.15) is 5.52 Å². The quantitative estimate of drug-likeness (QED) is 0.372. The number of aromatic nitrogens is 2. The third-order valence-corrected chi connectivity index (χ3v) is 11.7. The third kappa shape index (κ3) is 6.62. The van der Waals surface area contributed by atoms with Gasteiger partial charge in [0.2, 0.25) is 15.9 Å². The summed E-state index contributed by atoms with van der Waals surface area (Å²) in [5, 5.41) is 17.0. The van der Waals surface area contributed by atoms with Crippen LogP contribution >= 0.6 is 0 Å². The molecule has 1 atom stereocenters. The molecule has 3 aliphatic rings. The molecule has 4 heterocycles. The summed E-state index contributed by atoms with van der Waals surface area (Å²) < 4.78 is 45.6. The van der Waals surface area contributed by atoms with Gasteiger partial charge in [0.05, 0.1) is 16.5 Å². The van der Waals surface area contributed by atoms with Crippen LogP contribution in [0.15, 0.2) is 35.2 Å². The molecule has 0 radical (unpaired) electrons. The standard InChI is InChI=1S/C33H41FN8O4S/c1-21(17-24-18-26(4-3-23(24)19-35)47(45,46)41-14-9-25(36)10-15-41)20-40-12-7-22(8-13-40)27-5-6-28-31(30(27)34)39(2)38-32(28)42-16-11-29(43)37-33(42)44/h3-6,18,21-22,25H,7-17,20,36H2,1-2H3,(H,37,43,44). The van der Waals surface area contributed by atoms with E-state index in [1.54, 1.807) is 25.2 Å². The van der Waals surface area contributed by atoms with E-state index in [4.69, 9.17) is 5.73 Å². The lowest BCUT2D eigenvalue weighted by Gasteiger charge is -2.34. The smallest absolute Gasteiger partial charge is 0.328 e. The van der Waals surface area contributed by atoms with E-state index in [0.717, 1.165) is 38.0 Å². The van der Waals surface area contributed by atoms with Gasteiger partial charge in [-0.25, -0.2) is 17.6 Å². The minimum atomic E-state index is -3.67. The van der Waals surface area contributed by atoms with Crippen LogP contribution in [0.2, 0.25) is 0 Å². The highest BCUT2D eigenvalue weighted by Gasteiger charge is 2.32. The highest BCUT2D eigenvalue weighted by atomic mass is 32.2. The normalized spacial score (nSPS) is 20.0. The second-order valence-electron chi connectivity index (χ2n) is 13.1. The van der Waals surface area contributed by atoms with Gasteiger partial charge in [0.25, 0.3) is 0 Å². The van der Waals surface area contributed by atoms with Gasteiger partial charge in [-0.3, -0.25) is 19.7 Å². The highest BCUT2D eigenvalue weighted by molar-refractivity contribution is 7.89. The maximum Gasteiger partial charge on any atom is 0.329 e. The molecular formula is C33H41FN8O4S. The Morgan fingerprint density at radius 2 is 1.81 bits per heavy atom. The first-order valence-electron chi connectivity index (χ1n) is 16.2. The monoisotopic (exact) mass is 664 g/mol. The number of amides is 3. The van der Waals surface area contributed by atoms with Gasteiger partial charge < -0.3 is 10.6 Å².